The molecule has 0 atom stereocenters. The van der Waals surface area contributed by atoms with Crippen LogP contribution in [-0.4, -0.2) is 43.7 Å². The van der Waals surface area contributed by atoms with Crippen LogP contribution in [0.15, 0.2) is 18.5 Å². The summed E-state index contributed by atoms with van der Waals surface area (Å²) in [5.74, 6) is 0.0646. The molecule has 3 aromatic heterocycles. The summed E-state index contributed by atoms with van der Waals surface area (Å²) in [5, 5.41) is 8.20. The molecule has 3 rings (SSSR count). The summed E-state index contributed by atoms with van der Waals surface area (Å²) >= 11 is 6.14. The summed E-state index contributed by atoms with van der Waals surface area (Å²) < 4.78 is 1.70. The molecule has 0 unspecified atom stereocenters. The number of carbonyl (C=O) groups excluding carboxylic acids is 1. The molecule has 1 amide bonds. The Hall–Kier alpha value is -2.74. The zero-order valence-corrected chi connectivity index (χ0v) is 15.9. The van der Waals surface area contributed by atoms with Crippen molar-refractivity contribution in [2.45, 2.75) is 20.8 Å². The highest BCUT2D eigenvalue weighted by atomic mass is 35.5. The van der Waals surface area contributed by atoms with E-state index in [1.807, 2.05) is 38.8 Å². The molecule has 1 N–H and O–H groups in total. The van der Waals surface area contributed by atoms with Crippen LogP contribution in [0.5, 0.6) is 0 Å². The van der Waals surface area contributed by atoms with E-state index in [-0.39, 0.29) is 10.7 Å². The topological polar surface area (TPSA) is 88.8 Å². The van der Waals surface area contributed by atoms with Gasteiger partial charge in [-0.2, -0.15) is 5.10 Å². The van der Waals surface area contributed by atoms with E-state index in [1.165, 1.54) is 6.20 Å². The number of hydrogen-bond acceptors (Lipinski definition) is 6. The molecule has 3 heterocycles. The Balaban J connectivity index is 1.90. The van der Waals surface area contributed by atoms with Crippen molar-refractivity contribution in [3.8, 4) is 0 Å². The fourth-order valence-corrected chi connectivity index (χ4v) is 2.92. The summed E-state index contributed by atoms with van der Waals surface area (Å²) in [6.07, 6.45) is 3.03. The molecule has 136 valence electrons. The van der Waals surface area contributed by atoms with Crippen molar-refractivity contribution in [2.75, 3.05) is 23.3 Å². The molecule has 9 heteroatoms. The largest absolute Gasteiger partial charge is 0.341 e. The summed E-state index contributed by atoms with van der Waals surface area (Å²) in [7, 11) is 1.83. The average Bonchev–Trinajstić information content (AvgIpc) is 2.91. The van der Waals surface area contributed by atoms with Crippen LogP contribution in [0.4, 0.5) is 11.6 Å². The van der Waals surface area contributed by atoms with E-state index in [2.05, 4.69) is 25.4 Å². The molecule has 0 aromatic carbocycles. The van der Waals surface area contributed by atoms with Gasteiger partial charge in [0.05, 0.1) is 28.8 Å². The Kier molecular flexibility index (Phi) is 5.03. The summed E-state index contributed by atoms with van der Waals surface area (Å²) in [4.78, 5) is 27.5. The maximum absolute atomic E-state index is 12.7. The van der Waals surface area contributed by atoms with Crippen molar-refractivity contribution in [1.29, 1.82) is 0 Å². The zero-order chi connectivity index (χ0) is 18.8. The first-order valence-corrected chi connectivity index (χ1v) is 8.70. The van der Waals surface area contributed by atoms with Crippen LogP contribution in [-0.2, 0) is 7.05 Å². The number of halogens is 1. The molecular weight excluding hydrogens is 354 g/mol. The zero-order valence-electron chi connectivity index (χ0n) is 15.1. The second kappa shape index (κ2) is 7.25. The first-order chi connectivity index (χ1) is 12.4. The number of nitrogens with zero attached hydrogens (tertiary/aromatic N) is 6. The van der Waals surface area contributed by atoms with Gasteiger partial charge in [0.25, 0.3) is 5.91 Å². The van der Waals surface area contributed by atoms with Crippen LogP contribution in [0, 0.1) is 6.92 Å². The minimum Gasteiger partial charge on any atom is -0.341 e. The van der Waals surface area contributed by atoms with E-state index in [4.69, 9.17) is 11.6 Å². The number of aromatic nitrogens is 5. The lowest BCUT2D eigenvalue weighted by Gasteiger charge is -2.19. The van der Waals surface area contributed by atoms with E-state index >= 15 is 0 Å². The second-order valence-corrected chi connectivity index (χ2v) is 6.20. The highest BCUT2D eigenvalue weighted by Gasteiger charge is 2.17. The Morgan fingerprint density at radius 3 is 2.69 bits per heavy atom. The van der Waals surface area contributed by atoms with Crippen LogP contribution in [0.2, 0.25) is 5.02 Å². The molecule has 8 nitrogen and oxygen atoms in total. The number of carbonyl (C=O) groups is 1. The number of pyridine rings is 1. The summed E-state index contributed by atoms with van der Waals surface area (Å²) in [6, 6.07) is 1.84. The Morgan fingerprint density at radius 2 is 2.00 bits per heavy atom. The van der Waals surface area contributed by atoms with Crippen LogP contribution < -0.4 is 10.2 Å². The van der Waals surface area contributed by atoms with Gasteiger partial charge in [-0.25, -0.2) is 15.0 Å². The molecule has 0 fully saturated rings. The molecule has 26 heavy (non-hydrogen) atoms. The number of amides is 1. The van der Waals surface area contributed by atoms with Gasteiger partial charge in [-0.1, -0.05) is 11.6 Å². The van der Waals surface area contributed by atoms with Gasteiger partial charge in [-0.3, -0.25) is 9.48 Å². The van der Waals surface area contributed by atoms with E-state index < -0.39 is 5.91 Å². The van der Waals surface area contributed by atoms with Gasteiger partial charge < -0.3 is 10.2 Å². The quantitative estimate of drug-likeness (QED) is 0.739. The van der Waals surface area contributed by atoms with Crippen molar-refractivity contribution >= 4 is 40.2 Å². The molecule has 0 saturated heterocycles. The predicted molar refractivity (Wildman–Crippen MR) is 102 cm³/mol. The van der Waals surface area contributed by atoms with E-state index in [1.54, 1.807) is 10.9 Å². The lowest BCUT2D eigenvalue weighted by molar-refractivity contribution is 0.102. The molecule has 0 aliphatic heterocycles. The number of rotatable bonds is 5. The molecular formula is C17H20ClN7O. The highest BCUT2D eigenvalue weighted by Crippen LogP contribution is 2.21. The van der Waals surface area contributed by atoms with E-state index in [0.29, 0.717) is 11.6 Å². The number of aryl methyl sites for hydroxylation is 2. The predicted octanol–water partition coefficient (Wildman–Crippen LogP) is 2.82. The van der Waals surface area contributed by atoms with Crippen molar-refractivity contribution in [2.24, 2.45) is 7.05 Å². The van der Waals surface area contributed by atoms with Crippen LogP contribution in [0.25, 0.3) is 11.0 Å². The number of anilines is 2. The summed E-state index contributed by atoms with van der Waals surface area (Å²) in [5.41, 5.74) is 2.28. The van der Waals surface area contributed by atoms with E-state index in [0.717, 1.165) is 29.8 Å². The number of hydrogen-bond donors (Lipinski definition) is 1. The molecule has 0 saturated carbocycles. The first kappa shape index (κ1) is 18.1. The fourth-order valence-electron chi connectivity index (χ4n) is 2.74. The van der Waals surface area contributed by atoms with Crippen LogP contribution in [0.1, 0.15) is 30.0 Å². The van der Waals surface area contributed by atoms with Gasteiger partial charge >= 0.3 is 0 Å². The third-order valence-corrected chi connectivity index (χ3v) is 4.39. The Morgan fingerprint density at radius 1 is 1.27 bits per heavy atom. The number of fused-ring (bicyclic) bond motifs is 1. The fraction of sp³-hybridized carbons (Fsp3) is 0.353. The first-order valence-electron chi connectivity index (χ1n) is 8.32. The van der Waals surface area contributed by atoms with Gasteiger partial charge in [0.15, 0.2) is 11.3 Å². The van der Waals surface area contributed by atoms with Crippen molar-refractivity contribution in [3.63, 3.8) is 0 Å². The Bertz CT molecular complexity index is 965. The third kappa shape index (κ3) is 3.32. The Labute approximate surface area is 156 Å². The van der Waals surface area contributed by atoms with Crippen LogP contribution in [0.3, 0.4) is 0 Å². The maximum Gasteiger partial charge on any atom is 0.276 e. The molecule has 0 aliphatic rings. The third-order valence-electron chi connectivity index (χ3n) is 4.11. The lowest BCUT2D eigenvalue weighted by atomic mass is 10.2. The normalized spacial score (nSPS) is 11.0. The average molecular weight is 374 g/mol. The molecule has 0 aliphatic carbocycles. The van der Waals surface area contributed by atoms with Gasteiger partial charge in [0.1, 0.15) is 0 Å². The molecule has 0 spiro atoms. The molecule has 3 aromatic rings. The van der Waals surface area contributed by atoms with Crippen molar-refractivity contribution in [1.82, 2.24) is 24.7 Å². The maximum atomic E-state index is 12.7. The minimum atomic E-state index is -0.409. The standard InChI is InChI=1S/C17H20ClN7O/c1-5-25(6-2)17-20-9-13(18)14(22-17)16(26)21-11-7-12-10(3)23-24(4)15(12)19-8-11/h7-9H,5-6H2,1-4H3,(H,21,26). The lowest BCUT2D eigenvalue weighted by Crippen LogP contribution is -2.25. The number of nitrogens with one attached hydrogen (secondary N) is 1. The van der Waals surface area contributed by atoms with Gasteiger partial charge in [0, 0.05) is 25.5 Å². The van der Waals surface area contributed by atoms with Crippen molar-refractivity contribution in [3.05, 3.63) is 34.9 Å². The monoisotopic (exact) mass is 373 g/mol. The molecule has 0 bridgehead atoms. The van der Waals surface area contributed by atoms with E-state index in [9.17, 15) is 4.79 Å². The minimum absolute atomic E-state index is 0.131. The smallest absolute Gasteiger partial charge is 0.276 e. The van der Waals surface area contributed by atoms with Crippen LogP contribution >= 0.6 is 11.6 Å². The summed E-state index contributed by atoms with van der Waals surface area (Å²) in [6.45, 7) is 7.37. The van der Waals surface area contributed by atoms with Gasteiger partial charge in [-0.15, -0.1) is 0 Å². The van der Waals surface area contributed by atoms with Gasteiger partial charge in [0.2, 0.25) is 5.95 Å². The second-order valence-electron chi connectivity index (χ2n) is 5.80. The highest BCUT2D eigenvalue weighted by molar-refractivity contribution is 6.34. The molecule has 0 radical (unpaired) electrons. The SMILES string of the molecule is CCN(CC)c1ncc(Cl)c(C(=O)Nc2cnc3c(c2)c(C)nn3C)n1. The van der Waals surface area contributed by atoms with Crippen molar-refractivity contribution < 1.29 is 4.79 Å². The van der Waals surface area contributed by atoms with Gasteiger partial charge in [-0.05, 0) is 26.8 Å².